The highest BCUT2D eigenvalue weighted by Gasteiger charge is 2.28. The Hall–Kier alpha value is -3.94. The lowest BCUT2D eigenvalue weighted by molar-refractivity contribution is 0.0741. The first kappa shape index (κ1) is 23.2. The number of amides is 2. The van der Waals surface area contributed by atoms with Crippen LogP contribution in [0.2, 0.25) is 0 Å². The van der Waals surface area contributed by atoms with E-state index in [1.54, 1.807) is 38.2 Å². The van der Waals surface area contributed by atoms with Crippen molar-refractivity contribution in [3.05, 3.63) is 17.8 Å². The number of benzene rings is 1. The number of methoxy groups -OCH3 is 2. The van der Waals surface area contributed by atoms with Crippen molar-refractivity contribution in [2.24, 2.45) is 0 Å². The van der Waals surface area contributed by atoms with Gasteiger partial charge in [0.05, 0.1) is 26.3 Å². The molecule has 1 aliphatic rings. The Labute approximate surface area is 199 Å². The summed E-state index contributed by atoms with van der Waals surface area (Å²) in [5.74, 6) is 1.54. The van der Waals surface area contributed by atoms with Crippen molar-refractivity contribution in [1.29, 1.82) is 0 Å². The molecule has 3 aromatic rings. The van der Waals surface area contributed by atoms with Gasteiger partial charge in [-0.25, -0.2) is 9.78 Å². The van der Waals surface area contributed by atoms with Gasteiger partial charge in [-0.1, -0.05) is 4.49 Å². The van der Waals surface area contributed by atoms with E-state index in [1.807, 2.05) is 4.90 Å². The molecule has 1 aliphatic heterocycles. The van der Waals surface area contributed by atoms with E-state index >= 15 is 0 Å². The van der Waals surface area contributed by atoms with Crippen LogP contribution in [0.4, 0.5) is 21.6 Å². The second kappa shape index (κ2) is 9.91. The average Bonchev–Trinajstić information content (AvgIpc) is 3.30. The van der Waals surface area contributed by atoms with Gasteiger partial charge in [0.1, 0.15) is 5.82 Å². The summed E-state index contributed by atoms with van der Waals surface area (Å²) in [7, 11) is 3.10. The highest BCUT2D eigenvalue weighted by atomic mass is 32.1. The lowest BCUT2D eigenvalue weighted by Gasteiger charge is -2.34. The van der Waals surface area contributed by atoms with E-state index in [0.717, 1.165) is 11.5 Å². The summed E-state index contributed by atoms with van der Waals surface area (Å²) in [5.41, 5.74) is 6.91. The zero-order valence-electron chi connectivity index (χ0n) is 18.9. The summed E-state index contributed by atoms with van der Waals surface area (Å²) in [6.07, 6.45) is -0.660. The van der Waals surface area contributed by atoms with Crippen LogP contribution >= 0.6 is 11.5 Å². The van der Waals surface area contributed by atoms with Gasteiger partial charge < -0.3 is 29.7 Å². The van der Waals surface area contributed by atoms with Crippen LogP contribution in [0.3, 0.4) is 0 Å². The van der Waals surface area contributed by atoms with Gasteiger partial charge in [0.2, 0.25) is 5.95 Å². The molecule has 0 spiro atoms. The fourth-order valence-electron chi connectivity index (χ4n) is 3.54. The number of piperazine rings is 1. The number of nitrogens with zero attached hydrogens (tertiary/aromatic N) is 6. The van der Waals surface area contributed by atoms with E-state index in [-0.39, 0.29) is 23.2 Å². The fourth-order valence-corrected chi connectivity index (χ4v) is 4.09. The SMILES string of the molecule is CCOC(=O)Nc1snnc1C(=O)N1CCN(c2nc(N)c3cc(OC)c(OC)cc3n2)CC1. The van der Waals surface area contributed by atoms with Crippen molar-refractivity contribution < 1.29 is 23.8 Å². The molecule has 0 aliphatic carbocycles. The van der Waals surface area contributed by atoms with Gasteiger partial charge in [0.15, 0.2) is 22.2 Å². The fraction of sp³-hybridized carbons (Fsp3) is 0.400. The minimum Gasteiger partial charge on any atom is -0.493 e. The minimum atomic E-state index is -0.660. The van der Waals surface area contributed by atoms with Crippen molar-refractivity contribution in [3.63, 3.8) is 0 Å². The van der Waals surface area contributed by atoms with Gasteiger partial charge in [-0.3, -0.25) is 10.1 Å². The molecule has 0 unspecified atom stereocenters. The molecule has 3 heterocycles. The Kier molecular flexibility index (Phi) is 6.77. The molecule has 34 heavy (non-hydrogen) atoms. The maximum Gasteiger partial charge on any atom is 0.412 e. The number of aromatic nitrogens is 4. The highest BCUT2D eigenvalue weighted by Crippen LogP contribution is 2.34. The lowest BCUT2D eigenvalue weighted by Crippen LogP contribution is -2.49. The lowest BCUT2D eigenvalue weighted by atomic mass is 10.2. The zero-order chi connectivity index (χ0) is 24.2. The van der Waals surface area contributed by atoms with E-state index in [9.17, 15) is 9.59 Å². The quantitative estimate of drug-likeness (QED) is 0.519. The summed E-state index contributed by atoms with van der Waals surface area (Å²) in [4.78, 5) is 37.4. The van der Waals surface area contributed by atoms with E-state index in [1.165, 1.54) is 0 Å². The number of anilines is 3. The highest BCUT2D eigenvalue weighted by molar-refractivity contribution is 7.10. The number of nitrogens with one attached hydrogen (secondary N) is 1. The van der Waals surface area contributed by atoms with E-state index < -0.39 is 6.09 Å². The summed E-state index contributed by atoms with van der Waals surface area (Å²) >= 11 is 0.918. The molecule has 0 saturated carbocycles. The molecule has 0 bridgehead atoms. The first-order chi connectivity index (χ1) is 16.4. The van der Waals surface area contributed by atoms with Crippen molar-refractivity contribution in [2.45, 2.75) is 6.92 Å². The standard InChI is InChI=1S/C20H24N8O5S/c1-4-33-20(30)24-17-15(25-26-34-17)18(29)27-5-7-28(8-6-27)19-22-12-10-14(32-3)13(31-2)9-11(12)16(21)23-19/h9-10H,4-8H2,1-3H3,(H,24,30)(H2,21,22,23). The Morgan fingerprint density at radius 3 is 2.50 bits per heavy atom. The maximum absolute atomic E-state index is 13.0. The second-order valence-corrected chi connectivity index (χ2v) is 7.96. The minimum absolute atomic E-state index is 0.0822. The largest absolute Gasteiger partial charge is 0.493 e. The van der Waals surface area contributed by atoms with Crippen LogP contribution in [0.15, 0.2) is 12.1 Å². The van der Waals surface area contributed by atoms with Gasteiger partial charge in [-0.05, 0) is 13.0 Å². The molecule has 13 nitrogen and oxygen atoms in total. The molecular weight excluding hydrogens is 464 g/mol. The monoisotopic (exact) mass is 488 g/mol. The van der Waals surface area contributed by atoms with Crippen LogP contribution in [0.5, 0.6) is 11.5 Å². The van der Waals surface area contributed by atoms with E-state index in [4.69, 9.17) is 19.9 Å². The molecule has 14 heteroatoms. The smallest absolute Gasteiger partial charge is 0.412 e. The number of nitrogen functional groups attached to an aromatic ring is 1. The first-order valence-electron chi connectivity index (χ1n) is 10.4. The number of hydrogen-bond donors (Lipinski definition) is 2. The predicted molar refractivity (Wildman–Crippen MR) is 126 cm³/mol. The number of fused-ring (bicyclic) bond motifs is 1. The Morgan fingerprint density at radius 1 is 1.12 bits per heavy atom. The number of rotatable bonds is 6. The first-order valence-corrected chi connectivity index (χ1v) is 11.2. The number of carbonyl (C=O) groups excluding carboxylic acids is 2. The summed E-state index contributed by atoms with van der Waals surface area (Å²) in [6.45, 7) is 3.69. The summed E-state index contributed by atoms with van der Waals surface area (Å²) < 4.78 is 19.3. The van der Waals surface area contributed by atoms with Crippen LogP contribution in [0.1, 0.15) is 17.4 Å². The van der Waals surface area contributed by atoms with Gasteiger partial charge in [-0.15, -0.1) is 5.10 Å². The average molecular weight is 489 g/mol. The third-order valence-corrected chi connectivity index (χ3v) is 5.89. The molecule has 1 saturated heterocycles. The van der Waals surface area contributed by atoms with Crippen LogP contribution in [-0.2, 0) is 4.74 Å². The van der Waals surface area contributed by atoms with Gasteiger partial charge >= 0.3 is 6.09 Å². The number of carbonyl (C=O) groups is 2. The van der Waals surface area contributed by atoms with Gasteiger partial charge in [0.25, 0.3) is 5.91 Å². The third kappa shape index (κ3) is 4.57. The van der Waals surface area contributed by atoms with E-state index in [2.05, 4.69) is 24.9 Å². The topological polar surface area (TPSA) is 158 Å². The van der Waals surface area contributed by atoms with Crippen LogP contribution in [0, 0.1) is 0 Å². The molecule has 0 radical (unpaired) electrons. The van der Waals surface area contributed by atoms with Crippen LogP contribution in [-0.4, -0.2) is 83.5 Å². The Morgan fingerprint density at radius 2 is 1.82 bits per heavy atom. The predicted octanol–water partition coefficient (Wildman–Crippen LogP) is 1.61. The molecule has 3 N–H and O–H groups in total. The number of hydrogen-bond acceptors (Lipinski definition) is 12. The number of ether oxygens (including phenoxy) is 3. The maximum atomic E-state index is 13.0. The van der Waals surface area contributed by atoms with Crippen LogP contribution < -0.4 is 25.4 Å². The Bertz CT molecular complexity index is 1210. The third-order valence-electron chi connectivity index (χ3n) is 5.25. The molecule has 180 valence electrons. The molecule has 1 fully saturated rings. The van der Waals surface area contributed by atoms with E-state index in [0.29, 0.717) is 60.3 Å². The van der Waals surface area contributed by atoms with Crippen molar-refractivity contribution >= 4 is 51.2 Å². The summed E-state index contributed by atoms with van der Waals surface area (Å²) in [5, 5.41) is 7.31. The second-order valence-electron chi connectivity index (χ2n) is 7.21. The molecule has 2 amide bonds. The molecule has 2 aromatic heterocycles. The number of nitrogens with two attached hydrogens (primary N) is 1. The molecular formula is C20H24N8O5S. The molecule has 0 atom stereocenters. The normalized spacial score (nSPS) is 13.6. The van der Waals surface area contributed by atoms with Crippen molar-refractivity contribution in [1.82, 2.24) is 24.5 Å². The Balaban J connectivity index is 1.47. The molecule has 4 rings (SSSR count). The van der Waals surface area contributed by atoms with Crippen molar-refractivity contribution in [2.75, 3.05) is 63.0 Å². The molecule has 1 aromatic carbocycles. The van der Waals surface area contributed by atoms with Gasteiger partial charge in [0, 0.05) is 49.2 Å². The summed E-state index contributed by atoms with van der Waals surface area (Å²) in [6, 6.07) is 3.50. The van der Waals surface area contributed by atoms with Crippen molar-refractivity contribution in [3.8, 4) is 11.5 Å². The zero-order valence-corrected chi connectivity index (χ0v) is 19.7. The van der Waals surface area contributed by atoms with Crippen LogP contribution in [0.25, 0.3) is 10.9 Å². The van der Waals surface area contributed by atoms with Gasteiger partial charge in [-0.2, -0.15) is 4.98 Å².